The minimum Gasteiger partial charge on any atom is -0.392 e. The van der Waals surface area contributed by atoms with Crippen LogP contribution in [0.2, 0.25) is 0 Å². The zero-order valence-corrected chi connectivity index (χ0v) is 9.52. The van der Waals surface area contributed by atoms with Crippen LogP contribution in [-0.2, 0) is 11.3 Å². The van der Waals surface area contributed by atoms with E-state index in [2.05, 4.69) is 0 Å². The summed E-state index contributed by atoms with van der Waals surface area (Å²) in [5.74, 6) is 0.576. The van der Waals surface area contributed by atoms with Gasteiger partial charge in [-0.3, -0.25) is 0 Å². The summed E-state index contributed by atoms with van der Waals surface area (Å²) in [6, 6.07) is 4.82. The molecule has 0 aromatic heterocycles. The smallest absolute Gasteiger partial charge is 0.137 e. The van der Waals surface area contributed by atoms with Crippen molar-refractivity contribution in [3.8, 4) is 0 Å². The molecule has 0 radical (unpaired) electrons. The second kappa shape index (κ2) is 6.82. The molecule has 0 saturated heterocycles. The summed E-state index contributed by atoms with van der Waals surface area (Å²) < 4.78 is 18.3. The molecule has 0 saturated carbocycles. The van der Waals surface area contributed by atoms with Gasteiger partial charge in [-0.2, -0.15) is 0 Å². The summed E-state index contributed by atoms with van der Waals surface area (Å²) in [5, 5.41) is 8.81. The predicted octanol–water partition coefficient (Wildman–Crippen LogP) is 2.45. The Bertz CT molecular complexity index is 305. The maximum absolute atomic E-state index is 13.4. The van der Waals surface area contributed by atoms with Crippen molar-refractivity contribution in [2.24, 2.45) is 0 Å². The van der Waals surface area contributed by atoms with Crippen LogP contribution in [0.5, 0.6) is 0 Å². The van der Waals surface area contributed by atoms with Crippen LogP contribution in [0.1, 0.15) is 12.0 Å². The van der Waals surface area contributed by atoms with Crippen molar-refractivity contribution in [3.05, 3.63) is 29.6 Å². The first kappa shape index (κ1) is 12.5. The van der Waals surface area contributed by atoms with E-state index in [0.29, 0.717) is 17.1 Å². The maximum Gasteiger partial charge on any atom is 0.137 e. The van der Waals surface area contributed by atoms with Crippen molar-refractivity contribution in [2.75, 3.05) is 19.5 Å². The summed E-state index contributed by atoms with van der Waals surface area (Å²) in [4.78, 5) is 0.628. The SMILES string of the molecule is COCCCSc1ccc(CO)cc1F. The van der Waals surface area contributed by atoms with Crippen LogP contribution in [0.3, 0.4) is 0 Å². The van der Waals surface area contributed by atoms with E-state index in [1.165, 1.54) is 17.8 Å². The molecule has 0 spiro atoms. The molecule has 0 fully saturated rings. The van der Waals surface area contributed by atoms with Crippen LogP contribution in [-0.4, -0.2) is 24.6 Å². The normalized spacial score (nSPS) is 10.6. The van der Waals surface area contributed by atoms with Crippen LogP contribution in [0.4, 0.5) is 4.39 Å². The lowest BCUT2D eigenvalue weighted by Gasteiger charge is -2.04. The van der Waals surface area contributed by atoms with Crippen molar-refractivity contribution in [1.82, 2.24) is 0 Å². The van der Waals surface area contributed by atoms with E-state index in [-0.39, 0.29) is 12.4 Å². The number of benzene rings is 1. The summed E-state index contributed by atoms with van der Waals surface area (Å²) in [6.07, 6.45) is 0.905. The third kappa shape index (κ3) is 4.20. The third-order valence-corrected chi connectivity index (χ3v) is 3.06. The van der Waals surface area contributed by atoms with Gasteiger partial charge in [0.05, 0.1) is 6.61 Å². The molecule has 1 rings (SSSR count). The lowest BCUT2D eigenvalue weighted by Crippen LogP contribution is -1.92. The first-order valence-corrected chi connectivity index (χ1v) is 5.77. The fraction of sp³-hybridized carbons (Fsp3) is 0.455. The molecular formula is C11H15FO2S. The highest BCUT2D eigenvalue weighted by Gasteiger charge is 2.03. The van der Waals surface area contributed by atoms with Gasteiger partial charge >= 0.3 is 0 Å². The van der Waals surface area contributed by atoms with Crippen LogP contribution in [0.15, 0.2) is 23.1 Å². The molecular weight excluding hydrogens is 215 g/mol. The molecule has 0 bridgehead atoms. The Hall–Kier alpha value is -0.580. The van der Waals surface area contributed by atoms with Crippen molar-refractivity contribution in [3.63, 3.8) is 0 Å². The number of aliphatic hydroxyl groups excluding tert-OH is 1. The highest BCUT2D eigenvalue weighted by atomic mass is 32.2. The van der Waals surface area contributed by atoms with Gasteiger partial charge in [0.2, 0.25) is 0 Å². The number of rotatable bonds is 6. The van der Waals surface area contributed by atoms with E-state index >= 15 is 0 Å². The minimum atomic E-state index is -0.260. The molecule has 15 heavy (non-hydrogen) atoms. The zero-order valence-electron chi connectivity index (χ0n) is 8.70. The van der Waals surface area contributed by atoms with Crippen molar-refractivity contribution >= 4 is 11.8 Å². The molecule has 0 aliphatic carbocycles. The van der Waals surface area contributed by atoms with E-state index in [0.717, 1.165) is 12.2 Å². The van der Waals surface area contributed by atoms with Gasteiger partial charge in [-0.1, -0.05) is 6.07 Å². The summed E-state index contributed by atoms with van der Waals surface area (Å²) in [6.45, 7) is 0.578. The van der Waals surface area contributed by atoms with E-state index in [4.69, 9.17) is 9.84 Å². The van der Waals surface area contributed by atoms with Crippen LogP contribution >= 0.6 is 11.8 Å². The molecule has 1 aromatic carbocycles. The summed E-state index contributed by atoms with van der Waals surface area (Å²) in [5.41, 5.74) is 0.605. The first-order valence-electron chi connectivity index (χ1n) is 4.79. The summed E-state index contributed by atoms with van der Waals surface area (Å²) in [7, 11) is 1.65. The van der Waals surface area contributed by atoms with E-state index in [9.17, 15) is 4.39 Å². The third-order valence-electron chi connectivity index (χ3n) is 1.93. The van der Waals surface area contributed by atoms with Gasteiger partial charge in [-0.05, 0) is 24.1 Å². The average Bonchev–Trinajstić information content (AvgIpc) is 2.26. The fourth-order valence-electron chi connectivity index (χ4n) is 1.15. The topological polar surface area (TPSA) is 29.5 Å². The quantitative estimate of drug-likeness (QED) is 0.601. The second-order valence-electron chi connectivity index (χ2n) is 3.12. The Balaban J connectivity index is 2.47. The Morgan fingerprint density at radius 2 is 2.27 bits per heavy atom. The van der Waals surface area contributed by atoms with Gasteiger partial charge in [-0.15, -0.1) is 11.8 Å². The molecule has 0 atom stereocenters. The Kier molecular flexibility index (Phi) is 5.68. The van der Waals surface area contributed by atoms with Gasteiger partial charge in [0.25, 0.3) is 0 Å². The van der Waals surface area contributed by atoms with Crippen LogP contribution in [0.25, 0.3) is 0 Å². The van der Waals surface area contributed by atoms with Crippen LogP contribution in [0, 0.1) is 5.82 Å². The molecule has 2 nitrogen and oxygen atoms in total. The van der Waals surface area contributed by atoms with Gasteiger partial charge in [0.1, 0.15) is 5.82 Å². The van der Waals surface area contributed by atoms with E-state index < -0.39 is 0 Å². The molecule has 84 valence electrons. The molecule has 0 aliphatic rings. The number of ether oxygens (including phenoxy) is 1. The van der Waals surface area contributed by atoms with Crippen molar-refractivity contribution in [2.45, 2.75) is 17.9 Å². The number of hydrogen-bond donors (Lipinski definition) is 1. The Morgan fingerprint density at radius 1 is 1.47 bits per heavy atom. The zero-order chi connectivity index (χ0) is 11.1. The number of methoxy groups -OCH3 is 1. The average molecular weight is 230 g/mol. The predicted molar refractivity (Wildman–Crippen MR) is 59.5 cm³/mol. The van der Waals surface area contributed by atoms with E-state index in [1.807, 2.05) is 0 Å². The lowest BCUT2D eigenvalue weighted by molar-refractivity contribution is 0.200. The second-order valence-corrected chi connectivity index (χ2v) is 4.25. The first-order chi connectivity index (χ1) is 7.27. The maximum atomic E-state index is 13.4. The Labute approximate surface area is 93.5 Å². The number of aliphatic hydroxyl groups is 1. The van der Waals surface area contributed by atoms with Crippen LogP contribution < -0.4 is 0 Å². The van der Waals surface area contributed by atoms with Gasteiger partial charge < -0.3 is 9.84 Å². The molecule has 0 amide bonds. The van der Waals surface area contributed by atoms with Crippen molar-refractivity contribution in [1.29, 1.82) is 0 Å². The van der Waals surface area contributed by atoms with Gasteiger partial charge in [-0.25, -0.2) is 4.39 Å². The summed E-state index contributed by atoms with van der Waals surface area (Å²) >= 11 is 1.47. The highest BCUT2D eigenvalue weighted by molar-refractivity contribution is 7.99. The minimum absolute atomic E-state index is 0.120. The fourth-order valence-corrected chi connectivity index (χ4v) is 1.99. The largest absolute Gasteiger partial charge is 0.392 e. The van der Waals surface area contributed by atoms with Gasteiger partial charge in [0, 0.05) is 24.4 Å². The molecule has 0 unspecified atom stereocenters. The number of halogens is 1. The van der Waals surface area contributed by atoms with Gasteiger partial charge in [0.15, 0.2) is 0 Å². The molecule has 1 N–H and O–H groups in total. The van der Waals surface area contributed by atoms with E-state index in [1.54, 1.807) is 19.2 Å². The number of hydrogen-bond acceptors (Lipinski definition) is 3. The Morgan fingerprint density at radius 3 is 2.87 bits per heavy atom. The highest BCUT2D eigenvalue weighted by Crippen LogP contribution is 2.23. The molecule has 0 aliphatic heterocycles. The van der Waals surface area contributed by atoms with Crippen molar-refractivity contribution < 1.29 is 14.2 Å². The lowest BCUT2D eigenvalue weighted by atomic mass is 10.2. The number of thioether (sulfide) groups is 1. The monoisotopic (exact) mass is 230 g/mol. The molecule has 1 aromatic rings. The molecule has 4 heteroatoms. The molecule has 0 heterocycles. The standard InChI is InChI=1S/C11H15FO2S/c1-14-5-2-6-15-11-4-3-9(8-13)7-10(11)12/h3-4,7,13H,2,5-6,8H2,1H3.